The van der Waals surface area contributed by atoms with Gasteiger partial charge in [-0.3, -0.25) is 19.6 Å². The fraction of sp³-hybridized carbons (Fsp3) is 0.390. The molecule has 0 spiro atoms. The lowest BCUT2D eigenvalue weighted by Gasteiger charge is -2.33. The summed E-state index contributed by atoms with van der Waals surface area (Å²) in [6, 6.07) is 18.6. The highest BCUT2D eigenvalue weighted by molar-refractivity contribution is 6.34. The zero-order valence-electron chi connectivity index (χ0n) is 29.9. The van der Waals surface area contributed by atoms with Gasteiger partial charge >= 0.3 is 5.97 Å². The van der Waals surface area contributed by atoms with Crippen molar-refractivity contribution in [1.82, 2.24) is 14.8 Å². The summed E-state index contributed by atoms with van der Waals surface area (Å²) in [6.45, 7) is 8.42. The van der Waals surface area contributed by atoms with E-state index >= 15 is 0 Å². The molecule has 0 radical (unpaired) electrons. The van der Waals surface area contributed by atoms with Crippen LogP contribution >= 0.6 is 23.2 Å². The molecule has 1 aromatic heterocycles. The maximum atomic E-state index is 12.1. The molecule has 10 nitrogen and oxygen atoms in total. The summed E-state index contributed by atoms with van der Waals surface area (Å²) in [7, 11) is 0. The summed E-state index contributed by atoms with van der Waals surface area (Å²) in [5.41, 5.74) is 5.52. The minimum Gasteiger partial charge on any atom is -0.493 e. The third-order valence-corrected chi connectivity index (χ3v) is 10.5. The quantitative estimate of drug-likeness (QED) is 0.120. The number of rotatable bonds is 15. The van der Waals surface area contributed by atoms with E-state index in [1.165, 1.54) is 6.20 Å². The van der Waals surface area contributed by atoms with Gasteiger partial charge < -0.3 is 24.1 Å². The normalized spacial score (nSPS) is 16.5. The molecular weight excluding hydrogens is 715 g/mol. The second-order valence-electron chi connectivity index (χ2n) is 13.3. The first-order chi connectivity index (χ1) is 25.8. The minimum absolute atomic E-state index is 0.142. The number of nitrogens with zero attached hydrogens (tertiary/aromatic N) is 4. The Bertz CT molecular complexity index is 1930. The van der Waals surface area contributed by atoms with Crippen molar-refractivity contribution < 1.29 is 28.8 Å². The summed E-state index contributed by atoms with van der Waals surface area (Å²) in [5.74, 6) is 0.883. The number of nitriles is 1. The number of likely N-dealkylation sites (tertiary alicyclic amines) is 1. The number of piperidine rings is 1. The molecule has 2 fully saturated rings. The predicted octanol–water partition coefficient (Wildman–Crippen LogP) is 7.93. The van der Waals surface area contributed by atoms with Crippen molar-refractivity contribution in [3.05, 3.63) is 105 Å². The van der Waals surface area contributed by atoms with Crippen LogP contribution < -0.4 is 14.2 Å². The number of ether oxygens (including phenoxy) is 4. The number of aromatic nitrogens is 1. The van der Waals surface area contributed by atoms with Crippen molar-refractivity contribution in [3.63, 3.8) is 0 Å². The van der Waals surface area contributed by atoms with Crippen LogP contribution in [0.25, 0.3) is 11.1 Å². The Morgan fingerprint density at radius 1 is 0.943 bits per heavy atom. The van der Waals surface area contributed by atoms with Crippen molar-refractivity contribution in [1.29, 1.82) is 5.26 Å². The molecule has 4 aromatic rings. The molecule has 278 valence electrons. The van der Waals surface area contributed by atoms with Crippen LogP contribution in [0.5, 0.6) is 17.2 Å². The Labute approximate surface area is 320 Å². The van der Waals surface area contributed by atoms with Gasteiger partial charge in [-0.2, -0.15) is 5.26 Å². The molecular formula is C41H44Cl2N4O6. The number of halogens is 2. The Hall–Kier alpha value is -4.37. The van der Waals surface area contributed by atoms with Crippen molar-refractivity contribution in [2.75, 3.05) is 46.0 Å². The highest BCUT2D eigenvalue weighted by atomic mass is 35.5. The molecule has 3 heterocycles. The first kappa shape index (κ1) is 38.4. The first-order valence-electron chi connectivity index (χ1n) is 18.0. The SMILES string of the molecule is Cc1c(OCCCN2CCOCC2)cccc1-c1cccc(COc2cc(OCc3cncc(C#N)c3)c(CN3CCCC[C@H]3C(=O)O)cc2Cl)c1Cl. The van der Waals surface area contributed by atoms with E-state index in [-0.39, 0.29) is 13.2 Å². The molecule has 0 aliphatic carbocycles. The van der Waals surface area contributed by atoms with Gasteiger partial charge in [0.15, 0.2) is 0 Å². The molecule has 12 heteroatoms. The summed E-state index contributed by atoms with van der Waals surface area (Å²) in [5, 5.41) is 20.2. The molecule has 0 amide bonds. The maximum Gasteiger partial charge on any atom is 0.320 e. The summed E-state index contributed by atoms with van der Waals surface area (Å²) < 4.78 is 24.3. The zero-order valence-corrected chi connectivity index (χ0v) is 31.4. The number of morpholine rings is 1. The van der Waals surface area contributed by atoms with Crippen molar-refractivity contribution in [2.24, 2.45) is 0 Å². The van der Waals surface area contributed by atoms with Gasteiger partial charge in [-0.05, 0) is 62.1 Å². The van der Waals surface area contributed by atoms with Gasteiger partial charge in [0.2, 0.25) is 0 Å². The Balaban J connectivity index is 1.18. The average molecular weight is 760 g/mol. The van der Waals surface area contributed by atoms with E-state index in [1.54, 1.807) is 24.4 Å². The number of carboxylic acids is 1. The summed E-state index contributed by atoms with van der Waals surface area (Å²) >= 11 is 13.9. The van der Waals surface area contributed by atoms with E-state index in [1.807, 2.05) is 48.2 Å². The van der Waals surface area contributed by atoms with Crippen LogP contribution in [0.4, 0.5) is 0 Å². The molecule has 0 unspecified atom stereocenters. The summed E-state index contributed by atoms with van der Waals surface area (Å²) in [6.07, 6.45) is 6.42. The predicted molar refractivity (Wildman–Crippen MR) is 204 cm³/mol. The lowest BCUT2D eigenvalue weighted by Crippen LogP contribution is -2.44. The third-order valence-electron chi connectivity index (χ3n) is 9.72. The molecule has 6 rings (SSSR count). The highest BCUT2D eigenvalue weighted by Gasteiger charge is 2.29. The van der Waals surface area contributed by atoms with Crippen molar-refractivity contribution >= 4 is 29.2 Å². The molecule has 1 N–H and O–H groups in total. The number of pyridine rings is 1. The number of aliphatic carboxylic acids is 1. The highest BCUT2D eigenvalue weighted by Crippen LogP contribution is 2.39. The maximum absolute atomic E-state index is 12.1. The molecule has 0 saturated carbocycles. The van der Waals surface area contributed by atoms with Gasteiger partial charge in [0.05, 0.1) is 35.4 Å². The molecule has 1 atom stereocenters. The Kier molecular flexibility index (Phi) is 13.5. The van der Waals surface area contributed by atoms with Crippen LogP contribution in [0, 0.1) is 18.3 Å². The number of hydrogen-bond donors (Lipinski definition) is 1. The largest absolute Gasteiger partial charge is 0.493 e. The Morgan fingerprint density at radius 3 is 2.55 bits per heavy atom. The topological polar surface area (TPSA) is 117 Å². The van der Waals surface area contributed by atoms with Gasteiger partial charge in [0.25, 0.3) is 0 Å². The first-order valence-corrected chi connectivity index (χ1v) is 18.8. The fourth-order valence-corrected chi connectivity index (χ4v) is 7.35. The lowest BCUT2D eigenvalue weighted by molar-refractivity contribution is -0.144. The van der Waals surface area contributed by atoms with Gasteiger partial charge in [-0.15, -0.1) is 0 Å². The monoisotopic (exact) mass is 758 g/mol. The molecule has 2 saturated heterocycles. The van der Waals surface area contributed by atoms with E-state index in [0.29, 0.717) is 53.2 Å². The van der Waals surface area contributed by atoms with E-state index in [9.17, 15) is 15.2 Å². The van der Waals surface area contributed by atoms with Crippen LogP contribution in [0.2, 0.25) is 10.0 Å². The second kappa shape index (κ2) is 18.6. The van der Waals surface area contributed by atoms with Crippen LogP contribution in [0.15, 0.2) is 67.0 Å². The minimum atomic E-state index is -0.842. The average Bonchev–Trinajstić information content (AvgIpc) is 3.17. The molecule has 2 aliphatic rings. The van der Waals surface area contributed by atoms with Crippen molar-refractivity contribution in [3.8, 4) is 34.4 Å². The smallest absolute Gasteiger partial charge is 0.320 e. The van der Waals surface area contributed by atoms with Gasteiger partial charge in [-0.25, -0.2) is 0 Å². The van der Waals surface area contributed by atoms with Crippen LogP contribution in [0.3, 0.4) is 0 Å². The number of carboxylic acid groups (broad SMARTS) is 1. The lowest BCUT2D eigenvalue weighted by atomic mass is 9.98. The second-order valence-corrected chi connectivity index (χ2v) is 14.1. The van der Waals surface area contributed by atoms with Crippen LogP contribution in [0.1, 0.15) is 53.5 Å². The van der Waals surface area contributed by atoms with Crippen LogP contribution in [-0.4, -0.2) is 77.9 Å². The molecule has 2 aliphatic heterocycles. The van der Waals surface area contributed by atoms with Gasteiger partial charge in [0, 0.05) is 66.9 Å². The van der Waals surface area contributed by atoms with E-state index < -0.39 is 12.0 Å². The third kappa shape index (κ3) is 9.99. The van der Waals surface area contributed by atoms with Crippen LogP contribution in [-0.2, 0) is 29.3 Å². The standard InChI is InChI=1S/C41H44Cl2N4O6/c1-28-33(8-5-11-37(28)51-16-6-12-46-14-17-50-18-15-46)34-9-4-7-31(40(34)43)27-53-39-21-38(52-26-30-19-29(22-44)23-45-24-30)32(20-35(39)42)25-47-13-3-2-10-36(47)41(48)49/h4-5,7-9,11,19-21,23-24,36H,2-3,6,10,12-18,25-27H2,1H3,(H,48,49)/t36-/m0/s1. The fourth-order valence-electron chi connectivity index (χ4n) is 6.82. The molecule has 0 bridgehead atoms. The zero-order chi connectivity index (χ0) is 37.2. The molecule has 3 aromatic carbocycles. The van der Waals surface area contributed by atoms with Gasteiger partial charge in [0.1, 0.15) is 42.6 Å². The summed E-state index contributed by atoms with van der Waals surface area (Å²) in [4.78, 5) is 20.5. The van der Waals surface area contributed by atoms with E-state index in [2.05, 4.69) is 16.0 Å². The van der Waals surface area contributed by atoms with E-state index in [0.717, 1.165) is 91.2 Å². The Morgan fingerprint density at radius 2 is 1.74 bits per heavy atom. The molecule has 53 heavy (non-hydrogen) atoms. The number of hydrogen-bond acceptors (Lipinski definition) is 9. The number of carbonyl (C=O) groups is 1. The van der Waals surface area contributed by atoms with Crippen molar-refractivity contribution in [2.45, 2.75) is 58.4 Å². The number of benzene rings is 3. The van der Waals surface area contributed by atoms with Gasteiger partial charge in [-0.1, -0.05) is 60.0 Å². The van der Waals surface area contributed by atoms with E-state index in [4.69, 9.17) is 42.1 Å².